The molecule has 39 heavy (non-hydrogen) atoms. The van der Waals surface area contributed by atoms with E-state index in [0.717, 1.165) is 19.3 Å². The van der Waals surface area contributed by atoms with Crippen molar-refractivity contribution >= 4 is 45.0 Å². The molecule has 2 aliphatic rings. The Morgan fingerprint density at radius 2 is 1.85 bits per heavy atom. The van der Waals surface area contributed by atoms with E-state index in [9.17, 15) is 22.8 Å². The van der Waals surface area contributed by atoms with Gasteiger partial charge in [-0.1, -0.05) is 55.3 Å². The van der Waals surface area contributed by atoms with Gasteiger partial charge >= 0.3 is 0 Å². The molecule has 4 rings (SSSR count). The Hall–Kier alpha value is -2.98. The monoisotopic (exact) mass is 574 g/mol. The van der Waals surface area contributed by atoms with Gasteiger partial charge in [-0.15, -0.1) is 0 Å². The molecular formula is C28H35ClN4O5S. The van der Waals surface area contributed by atoms with Crippen molar-refractivity contribution in [2.24, 2.45) is 5.92 Å². The molecule has 2 aliphatic heterocycles. The first-order valence-electron chi connectivity index (χ1n) is 13.5. The van der Waals surface area contributed by atoms with Gasteiger partial charge in [-0.05, 0) is 37.3 Å². The number of Topliss-reactive ketones (excluding diaryl/α,β-unsaturated/α-hetero) is 1. The van der Waals surface area contributed by atoms with Gasteiger partial charge in [-0.25, -0.2) is 13.4 Å². The van der Waals surface area contributed by atoms with Crippen LogP contribution in [-0.2, 0) is 31.9 Å². The number of carbonyl (C=O) groups excluding carboxylic acids is 3. The summed E-state index contributed by atoms with van der Waals surface area (Å²) in [5, 5.41) is 0.347. The van der Waals surface area contributed by atoms with Crippen molar-refractivity contribution in [1.29, 1.82) is 0 Å². The molecule has 0 bridgehead atoms. The maximum atomic E-state index is 13.0. The number of likely N-dealkylation sites (tertiary alicyclic amines) is 1. The van der Waals surface area contributed by atoms with Gasteiger partial charge in [0, 0.05) is 44.0 Å². The fraction of sp³-hybridized carbons (Fsp3) is 0.500. The predicted molar refractivity (Wildman–Crippen MR) is 150 cm³/mol. The lowest BCUT2D eigenvalue weighted by atomic mass is 9.96. The van der Waals surface area contributed by atoms with E-state index in [0.29, 0.717) is 73.0 Å². The summed E-state index contributed by atoms with van der Waals surface area (Å²) in [7, 11) is -3.81. The average molecular weight is 575 g/mol. The molecule has 9 nitrogen and oxygen atoms in total. The van der Waals surface area contributed by atoms with Crippen LogP contribution in [0.25, 0.3) is 0 Å². The van der Waals surface area contributed by atoms with Crippen molar-refractivity contribution in [3.8, 4) is 0 Å². The number of sulfonamides is 1. The molecule has 1 aromatic carbocycles. The second kappa shape index (κ2) is 12.9. The first-order chi connectivity index (χ1) is 18.7. The second-order valence-corrected chi connectivity index (χ2v) is 12.3. The van der Waals surface area contributed by atoms with Crippen LogP contribution in [0.15, 0.2) is 36.4 Å². The van der Waals surface area contributed by atoms with Gasteiger partial charge < -0.3 is 9.80 Å². The molecule has 1 aromatic heterocycles. The molecule has 11 heteroatoms. The number of nitrogens with zero attached hydrogens (tertiary/aromatic N) is 3. The number of unbranched alkanes of at least 4 members (excludes halogenated alkanes) is 1. The van der Waals surface area contributed by atoms with Crippen LogP contribution >= 0.6 is 11.6 Å². The van der Waals surface area contributed by atoms with Crippen molar-refractivity contribution in [2.75, 3.05) is 24.5 Å². The maximum absolute atomic E-state index is 13.0. The zero-order chi connectivity index (χ0) is 28.0. The minimum absolute atomic E-state index is 0.0356. The Kier molecular flexibility index (Phi) is 9.61. The molecule has 0 spiro atoms. The number of nitrogens with one attached hydrogen (secondary N) is 1. The Balaban J connectivity index is 1.44. The molecule has 210 valence electrons. The smallest absolute Gasteiger partial charge is 0.239 e. The Morgan fingerprint density at radius 1 is 1.13 bits per heavy atom. The SMILES string of the molecule is CCCCC(=O)c1cc(Cl)c(N2CCC(C(=O)NS(=O)(=O)Cc3ccccc3)CC2)nc1CN1CCCC1=O. The highest BCUT2D eigenvalue weighted by Gasteiger charge is 2.30. The molecule has 3 heterocycles. The van der Waals surface area contributed by atoms with Gasteiger partial charge in [0.25, 0.3) is 0 Å². The number of ketones is 1. The van der Waals surface area contributed by atoms with Crippen LogP contribution in [-0.4, -0.2) is 55.5 Å². The number of pyridine rings is 1. The zero-order valence-corrected chi connectivity index (χ0v) is 23.8. The number of anilines is 1. The number of hydrogen-bond acceptors (Lipinski definition) is 7. The van der Waals surface area contributed by atoms with Crippen LogP contribution in [0.4, 0.5) is 5.82 Å². The van der Waals surface area contributed by atoms with Crippen molar-refractivity contribution in [3.05, 3.63) is 58.2 Å². The number of halogens is 1. The summed E-state index contributed by atoms with van der Waals surface area (Å²) in [4.78, 5) is 46.5. The summed E-state index contributed by atoms with van der Waals surface area (Å²) in [6, 6.07) is 10.4. The Morgan fingerprint density at radius 3 is 2.49 bits per heavy atom. The largest absolute Gasteiger partial charge is 0.355 e. The molecule has 2 aromatic rings. The van der Waals surface area contributed by atoms with Gasteiger partial charge in [-0.2, -0.15) is 0 Å². The molecule has 0 saturated carbocycles. The summed E-state index contributed by atoms with van der Waals surface area (Å²) in [5.41, 5.74) is 1.60. The number of benzene rings is 1. The standard InChI is InChI=1S/C28H35ClN4O5S/c1-2-3-10-25(34)22-17-23(29)27(30-24(22)18-33-14-7-11-26(33)35)32-15-12-21(13-16-32)28(36)31-39(37,38)19-20-8-5-4-6-9-20/h4-6,8-9,17,21H,2-3,7,10-16,18-19H2,1H3,(H,31,36). The van der Waals surface area contributed by atoms with E-state index in [1.165, 1.54) is 0 Å². The molecule has 0 aliphatic carbocycles. The van der Waals surface area contributed by atoms with E-state index < -0.39 is 21.8 Å². The second-order valence-electron chi connectivity index (χ2n) is 10.2. The molecule has 2 saturated heterocycles. The van der Waals surface area contributed by atoms with E-state index >= 15 is 0 Å². The van der Waals surface area contributed by atoms with Gasteiger partial charge in [0.05, 0.1) is 23.0 Å². The molecule has 0 atom stereocenters. The van der Waals surface area contributed by atoms with Crippen LogP contribution in [0.1, 0.15) is 73.5 Å². The summed E-state index contributed by atoms with van der Waals surface area (Å²) >= 11 is 6.63. The quantitative estimate of drug-likeness (QED) is 0.402. The minimum Gasteiger partial charge on any atom is -0.355 e. The minimum atomic E-state index is -3.81. The normalized spacial score (nSPS) is 16.5. The van der Waals surface area contributed by atoms with Gasteiger partial charge in [0.15, 0.2) is 5.78 Å². The fourth-order valence-corrected chi connectivity index (χ4v) is 6.49. The lowest BCUT2D eigenvalue weighted by Crippen LogP contribution is -2.43. The van der Waals surface area contributed by atoms with E-state index in [1.807, 2.05) is 11.8 Å². The van der Waals surface area contributed by atoms with Crippen LogP contribution in [0.3, 0.4) is 0 Å². The molecule has 1 N–H and O–H groups in total. The number of carbonyl (C=O) groups is 3. The van der Waals surface area contributed by atoms with E-state index in [-0.39, 0.29) is 24.0 Å². The molecule has 0 radical (unpaired) electrons. The summed E-state index contributed by atoms with van der Waals surface area (Å²) < 4.78 is 27.3. The fourth-order valence-electron chi connectivity index (χ4n) is 5.04. The Labute approximate surface area is 235 Å². The average Bonchev–Trinajstić information content (AvgIpc) is 3.32. The van der Waals surface area contributed by atoms with Crippen LogP contribution in [0, 0.1) is 5.92 Å². The van der Waals surface area contributed by atoms with E-state index in [2.05, 4.69) is 4.72 Å². The highest BCUT2D eigenvalue weighted by Crippen LogP contribution is 2.32. The third-order valence-electron chi connectivity index (χ3n) is 7.23. The van der Waals surface area contributed by atoms with E-state index in [4.69, 9.17) is 16.6 Å². The topological polar surface area (TPSA) is 117 Å². The first kappa shape index (κ1) is 29.0. The van der Waals surface area contributed by atoms with Gasteiger partial charge in [-0.3, -0.25) is 19.1 Å². The van der Waals surface area contributed by atoms with Crippen LogP contribution in [0.5, 0.6) is 0 Å². The maximum Gasteiger partial charge on any atom is 0.239 e. The van der Waals surface area contributed by atoms with Gasteiger partial charge in [0.1, 0.15) is 5.82 Å². The summed E-state index contributed by atoms with van der Waals surface area (Å²) in [5.74, 6) is -0.692. The molecule has 2 fully saturated rings. The lowest BCUT2D eigenvalue weighted by molar-refractivity contribution is -0.128. The number of aromatic nitrogens is 1. The predicted octanol–water partition coefficient (Wildman–Crippen LogP) is 4.09. The van der Waals surface area contributed by atoms with Crippen molar-refractivity contribution in [2.45, 2.75) is 64.2 Å². The molecular weight excluding hydrogens is 540 g/mol. The number of rotatable bonds is 11. The lowest BCUT2D eigenvalue weighted by Gasteiger charge is -2.33. The third-order valence-corrected chi connectivity index (χ3v) is 8.73. The summed E-state index contributed by atoms with van der Waals surface area (Å²) in [6.45, 7) is 3.82. The van der Waals surface area contributed by atoms with Crippen molar-refractivity contribution in [1.82, 2.24) is 14.6 Å². The van der Waals surface area contributed by atoms with Crippen LogP contribution in [0.2, 0.25) is 5.02 Å². The Bertz CT molecular complexity index is 1310. The zero-order valence-electron chi connectivity index (χ0n) is 22.2. The number of piperidine rings is 1. The summed E-state index contributed by atoms with van der Waals surface area (Å²) in [6.07, 6.45) is 4.19. The van der Waals surface area contributed by atoms with Crippen LogP contribution < -0.4 is 9.62 Å². The van der Waals surface area contributed by atoms with Gasteiger partial charge in [0.2, 0.25) is 21.8 Å². The molecule has 2 amide bonds. The highest BCUT2D eigenvalue weighted by molar-refractivity contribution is 7.89. The first-order valence-corrected chi connectivity index (χ1v) is 15.5. The van der Waals surface area contributed by atoms with Crippen molar-refractivity contribution < 1.29 is 22.8 Å². The van der Waals surface area contributed by atoms with E-state index in [1.54, 1.807) is 41.3 Å². The highest BCUT2D eigenvalue weighted by atomic mass is 35.5. The molecule has 0 unspecified atom stereocenters. The third kappa shape index (κ3) is 7.57. The van der Waals surface area contributed by atoms with Crippen molar-refractivity contribution in [3.63, 3.8) is 0 Å². The number of hydrogen-bond donors (Lipinski definition) is 1. The number of amides is 2.